The minimum absolute atomic E-state index is 0.00257. The van der Waals surface area contributed by atoms with E-state index in [9.17, 15) is 68.1 Å². The number of carboxylic acid groups (broad SMARTS) is 4. The van der Waals surface area contributed by atoms with Gasteiger partial charge in [0, 0.05) is 50.3 Å². The number of carboxylic acids is 4. The number of rotatable bonds is 35. The van der Waals surface area contributed by atoms with Gasteiger partial charge in [0.1, 0.15) is 30.0 Å². The van der Waals surface area contributed by atoms with Crippen LogP contribution in [0.4, 0.5) is 0 Å². The lowest BCUT2D eigenvalue weighted by atomic mass is 9.89. The number of unbranched alkanes of at least 4 members (excludes halogenated alkanes) is 1. The number of benzene rings is 2. The summed E-state index contributed by atoms with van der Waals surface area (Å²) in [5.74, 6) is -11.0. The molecule has 0 aromatic heterocycles. The number of thiocarbonyl (C=S) groups is 1. The molecule has 70 heavy (non-hydrogen) atoms. The van der Waals surface area contributed by atoms with Gasteiger partial charge in [0.05, 0.1) is 18.9 Å². The number of Topliss-reactive ketones (excluding diaryl/α,β-unsaturated/α-hetero) is 2. The number of nitrogens with two attached hydrogens (primary N) is 1. The molecule has 382 valence electrons. The molecule has 0 spiro atoms. The second kappa shape index (κ2) is 31.9. The number of thiol groups is 1. The van der Waals surface area contributed by atoms with Crippen LogP contribution in [0.3, 0.4) is 0 Å². The normalized spacial score (nSPS) is 13.7. The molecule has 0 saturated carbocycles. The first kappa shape index (κ1) is 59.1. The van der Waals surface area contributed by atoms with Crippen LogP contribution in [-0.2, 0) is 70.3 Å². The molecule has 2 aromatic rings. The molecule has 0 unspecified atom stereocenters. The van der Waals surface area contributed by atoms with E-state index in [0.29, 0.717) is 11.1 Å². The molecule has 0 heterocycles. The van der Waals surface area contributed by atoms with Crippen molar-refractivity contribution in [2.75, 3.05) is 12.3 Å². The van der Waals surface area contributed by atoms with Gasteiger partial charge in [0.25, 0.3) is 6.47 Å². The Hall–Kier alpha value is -6.99. The summed E-state index contributed by atoms with van der Waals surface area (Å²) in [4.78, 5) is 136. The number of carbonyl (C=O) groups excluding carboxylic acids is 7. The summed E-state index contributed by atoms with van der Waals surface area (Å²) in [6.07, 6.45) is -2.82. The second-order valence-electron chi connectivity index (χ2n) is 15.9. The van der Waals surface area contributed by atoms with Gasteiger partial charge in [-0.3, -0.25) is 43.2 Å². The first-order valence-corrected chi connectivity index (χ1v) is 23.0. The van der Waals surface area contributed by atoms with Crippen LogP contribution in [0, 0.1) is 5.92 Å². The van der Waals surface area contributed by atoms with Crippen molar-refractivity contribution in [1.82, 2.24) is 31.9 Å². The Bertz CT molecular complexity index is 2140. The van der Waals surface area contributed by atoms with E-state index in [-0.39, 0.29) is 93.7 Å². The van der Waals surface area contributed by atoms with Crippen LogP contribution in [0.25, 0.3) is 0 Å². The summed E-state index contributed by atoms with van der Waals surface area (Å²) in [5.41, 5.74) is 7.40. The average Bonchev–Trinajstić information content (AvgIpc) is 3.31. The van der Waals surface area contributed by atoms with Crippen LogP contribution < -0.4 is 37.6 Å². The zero-order valence-corrected chi connectivity index (χ0v) is 39.6. The van der Waals surface area contributed by atoms with Crippen molar-refractivity contribution in [1.29, 1.82) is 0 Å². The molecule has 0 saturated heterocycles. The van der Waals surface area contributed by atoms with Gasteiger partial charge in [-0.25, -0.2) is 9.59 Å². The fourth-order valence-electron chi connectivity index (χ4n) is 6.61. The Balaban J connectivity index is 2.08. The summed E-state index contributed by atoms with van der Waals surface area (Å²) in [6.45, 7) is -0.442. The van der Waals surface area contributed by atoms with Crippen molar-refractivity contribution in [3.63, 3.8) is 0 Å². The largest absolute Gasteiger partial charge is 0.481 e. The smallest absolute Gasteiger partial charge is 0.327 e. The summed E-state index contributed by atoms with van der Waals surface area (Å²) < 4.78 is 4.74. The molecule has 0 fully saturated rings. The molecule has 12 N–H and O–H groups in total. The van der Waals surface area contributed by atoms with Crippen LogP contribution in [0.2, 0.25) is 0 Å². The number of hydrogen-bond donors (Lipinski definition) is 12. The zero-order chi connectivity index (χ0) is 52.2. The number of carbonyl (C=O) groups is 11. The van der Waals surface area contributed by atoms with E-state index in [0.717, 1.165) is 0 Å². The zero-order valence-electron chi connectivity index (χ0n) is 37.9. The highest BCUT2D eigenvalue weighted by Gasteiger charge is 2.32. The highest BCUT2D eigenvalue weighted by atomic mass is 32.1. The third kappa shape index (κ3) is 23.8. The molecular formula is C45H59N7O16S2. The van der Waals surface area contributed by atoms with Gasteiger partial charge in [-0.05, 0) is 55.4 Å². The monoisotopic (exact) mass is 1020 g/mol. The van der Waals surface area contributed by atoms with E-state index in [4.69, 9.17) is 27.8 Å². The number of ether oxygens (including phenoxy) is 1. The van der Waals surface area contributed by atoms with Crippen LogP contribution in [-0.4, -0.2) is 140 Å². The van der Waals surface area contributed by atoms with E-state index in [1.807, 2.05) is 0 Å². The van der Waals surface area contributed by atoms with E-state index >= 15 is 0 Å². The maximum absolute atomic E-state index is 14.1. The predicted octanol–water partition coefficient (Wildman–Crippen LogP) is -0.375. The molecule has 2 aromatic carbocycles. The van der Waals surface area contributed by atoms with Crippen LogP contribution in [0.1, 0.15) is 75.3 Å². The highest BCUT2D eigenvalue weighted by molar-refractivity contribution is 7.80. The summed E-state index contributed by atoms with van der Waals surface area (Å²) in [5, 5.41) is 51.4. The van der Waals surface area contributed by atoms with Crippen molar-refractivity contribution >= 4 is 95.5 Å². The molecular weight excluding hydrogens is 959 g/mol. The molecule has 0 bridgehead atoms. The van der Waals surface area contributed by atoms with Gasteiger partial charge in [0.15, 0.2) is 17.1 Å². The van der Waals surface area contributed by atoms with Gasteiger partial charge >= 0.3 is 23.9 Å². The summed E-state index contributed by atoms with van der Waals surface area (Å²) in [7, 11) is 0. The average molecular weight is 1020 g/mol. The van der Waals surface area contributed by atoms with E-state index in [2.05, 4.69) is 44.5 Å². The molecule has 0 aliphatic heterocycles. The Morgan fingerprint density at radius 2 is 1.21 bits per heavy atom. The lowest BCUT2D eigenvalue weighted by Crippen LogP contribution is -2.57. The first-order valence-electron chi connectivity index (χ1n) is 21.9. The second-order valence-corrected chi connectivity index (χ2v) is 16.7. The SMILES string of the molecule is N[C@@H](CNC(=O)[C@@H](CC(=O)[C@H](Cc1ccccc1)NC(=O)CCCCC(=O)CC[C@H](NC(=S)N[C@@H](CCC(=O)O)OC=O)C(=O)O)Cc1ccccc1)C(=O)N[C@@H](CC(=O)O)C(=O)N[C@@H](CS)C(=O)O. The Morgan fingerprint density at radius 3 is 1.77 bits per heavy atom. The predicted molar refractivity (Wildman–Crippen MR) is 255 cm³/mol. The third-order valence-electron chi connectivity index (χ3n) is 10.3. The lowest BCUT2D eigenvalue weighted by molar-refractivity contribution is -0.143. The molecule has 4 amide bonds. The number of nitrogens with one attached hydrogen (secondary N) is 6. The Morgan fingerprint density at radius 1 is 0.629 bits per heavy atom. The van der Waals surface area contributed by atoms with Crippen LogP contribution >= 0.6 is 24.8 Å². The van der Waals surface area contributed by atoms with E-state index in [1.165, 1.54) is 0 Å². The van der Waals surface area contributed by atoms with Crippen molar-refractivity contribution < 1.29 is 77.9 Å². The molecule has 0 aliphatic carbocycles. The maximum Gasteiger partial charge on any atom is 0.327 e. The fourth-order valence-corrected chi connectivity index (χ4v) is 7.13. The quantitative estimate of drug-likeness (QED) is 0.0138. The summed E-state index contributed by atoms with van der Waals surface area (Å²) in [6, 6.07) is 10.3. The molecule has 25 heteroatoms. The topological polar surface area (TPSA) is 376 Å². The van der Waals surface area contributed by atoms with Gasteiger partial charge in [-0.2, -0.15) is 12.6 Å². The van der Waals surface area contributed by atoms with Crippen molar-refractivity contribution in [3.8, 4) is 0 Å². The number of aliphatic carboxylic acids is 4. The van der Waals surface area contributed by atoms with E-state index < -0.39 is 109 Å². The van der Waals surface area contributed by atoms with Gasteiger partial charge in [-0.1, -0.05) is 60.7 Å². The van der Waals surface area contributed by atoms with E-state index in [1.54, 1.807) is 60.7 Å². The standard InChI is InChI=1S/C45H59N7O16S2/c46-30(41(62)49-33(22-39(59)60)42(63)50-34(24-69)44(66)67)23-47-40(61)28(19-26-9-3-1-4-10-26)21-35(55)32(20-27-11-5-2-6-12-27)48-36(56)14-8-7-13-29(54)15-16-31(43(64)65)51-45(70)52-37(68-25-53)17-18-38(57)58/h1-6,9-12,25,28,30-34,37,69H,7-8,13-24,46H2,(H,47,61)(H,48,56)(H,49,62)(H,50,63)(H,57,58)(H,59,60)(H,64,65)(H,66,67)(H2,51,52,70)/t28-,30+,31+,32+,33+,34+,37-/m1/s1. The van der Waals surface area contributed by atoms with Crippen LogP contribution in [0.5, 0.6) is 0 Å². The Kier molecular flexibility index (Phi) is 27.0. The molecule has 0 radical (unpaired) electrons. The number of amides is 4. The maximum atomic E-state index is 14.1. The minimum Gasteiger partial charge on any atom is -0.481 e. The van der Waals surface area contributed by atoms with Crippen molar-refractivity contribution in [3.05, 3.63) is 71.8 Å². The molecule has 7 atom stereocenters. The fraction of sp³-hybridized carbons (Fsp3) is 0.467. The third-order valence-corrected chi connectivity index (χ3v) is 10.9. The van der Waals surface area contributed by atoms with Gasteiger partial charge < -0.3 is 62.8 Å². The molecule has 0 aliphatic rings. The minimum atomic E-state index is -1.73. The number of ketones is 2. The first-order chi connectivity index (χ1) is 33.2. The van der Waals surface area contributed by atoms with Crippen molar-refractivity contribution in [2.45, 2.75) is 113 Å². The molecule has 2 rings (SSSR count). The lowest BCUT2D eigenvalue weighted by Gasteiger charge is -2.23. The van der Waals surface area contributed by atoms with Gasteiger partial charge in [0.2, 0.25) is 23.6 Å². The van der Waals surface area contributed by atoms with Crippen LogP contribution in [0.15, 0.2) is 60.7 Å². The van der Waals surface area contributed by atoms with Crippen molar-refractivity contribution in [2.24, 2.45) is 11.7 Å². The Labute approximate surface area is 413 Å². The van der Waals surface area contributed by atoms with Gasteiger partial charge in [-0.15, -0.1) is 0 Å². The highest BCUT2D eigenvalue weighted by Crippen LogP contribution is 2.17. The number of hydrogen-bond acceptors (Lipinski definition) is 15. The molecule has 23 nitrogen and oxygen atoms in total. The summed E-state index contributed by atoms with van der Waals surface area (Å²) >= 11 is 8.92.